The van der Waals surface area contributed by atoms with Crippen molar-refractivity contribution in [3.8, 4) is 0 Å². The normalized spacial score (nSPS) is 14.4. The summed E-state index contributed by atoms with van der Waals surface area (Å²) in [6, 6.07) is -0.850. The van der Waals surface area contributed by atoms with Crippen LogP contribution < -0.4 is 5.73 Å². The van der Waals surface area contributed by atoms with Gasteiger partial charge in [-0.05, 0) is 0 Å². The zero-order valence-corrected chi connectivity index (χ0v) is 10.1. The predicted molar refractivity (Wildman–Crippen MR) is 60.8 cm³/mol. The summed E-state index contributed by atoms with van der Waals surface area (Å²) in [5, 5.41) is 8.53. The molecule has 0 saturated heterocycles. The Hall–Kier alpha value is -0.750. The van der Waals surface area contributed by atoms with Gasteiger partial charge >= 0.3 is 5.97 Å². The maximum absolute atomic E-state index is 11.4. The molecule has 2 atom stereocenters. The van der Waals surface area contributed by atoms with Gasteiger partial charge in [0.05, 0.1) is 0 Å². The van der Waals surface area contributed by atoms with E-state index in [-0.39, 0.29) is 11.8 Å². The van der Waals surface area contributed by atoms with Gasteiger partial charge < -0.3 is 15.7 Å². The molecule has 0 spiro atoms. The third kappa shape index (κ3) is 5.64. The lowest BCUT2D eigenvalue weighted by Gasteiger charge is -2.16. The molecule has 1 unspecified atom stereocenters. The number of thioether (sulfide) groups is 1. The van der Waals surface area contributed by atoms with Gasteiger partial charge in [0, 0.05) is 31.5 Å². The second-order valence-corrected chi connectivity index (χ2v) is 4.69. The van der Waals surface area contributed by atoms with Crippen LogP contribution in [-0.4, -0.2) is 53.5 Å². The van der Waals surface area contributed by atoms with Gasteiger partial charge in [0.2, 0.25) is 5.91 Å². The van der Waals surface area contributed by atoms with Gasteiger partial charge in [-0.2, -0.15) is 11.8 Å². The molecule has 5 nitrogen and oxygen atoms in total. The zero-order valence-electron chi connectivity index (χ0n) is 9.27. The summed E-state index contributed by atoms with van der Waals surface area (Å²) < 4.78 is 0. The van der Waals surface area contributed by atoms with Gasteiger partial charge in [-0.1, -0.05) is 6.92 Å². The Morgan fingerprint density at radius 3 is 2.33 bits per heavy atom. The highest BCUT2D eigenvalue weighted by Gasteiger charge is 2.16. The van der Waals surface area contributed by atoms with Crippen LogP contribution in [0, 0.1) is 5.92 Å². The molecule has 0 aliphatic carbocycles. The van der Waals surface area contributed by atoms with E-state index in [0.29, 0.717) is 11.5 Å². The number of nitrogens with zero attached hydrogens (tertiary/aromatic N) is 1. The number of aliphatic carboxylic acids is 1. The second-order valence-electron chi connectivity index (χ2n) is 3.62. The molecule has 0 aromatic carbocycles. The van der Waals surface area contributed by atoms with Crippen molar-refractivity contribution in [2.24, 2.45) is 11.7 Å². The summed E-state index contributed by atoms with van der Waals surface area (Å²) in [4.78, 5) is 23.4. The fourth-order valence-electron chi connectivity index (χ4n) is 0.955. The van der Waals surface area contributed by atoms with Crippen LogP contribution >= 0.6 is 11.8 Å². The SMILES string of the molecule is C[C@H](CSCC(N)C(=O)O)C(=O)N(C)C. The van der Waals surface area contributed by atoms with Crippen LogP contribution in [0.3, 0.4) is 0 Å². The molecule has 6 heteroatoms. The maximum Gasteiger partial charge on any atom is 0.321 e. The van der Waals surface area contributed by atoms with Gasteiger partial charge in [-0.15, -0.1) is 0 Å². The number of carbonyl (C=O) groups is 2. The van der Waals surface area contributed by atoms with Crippen molar-refractivity contribution in [2.75, 3.05) is 25.6 Å². The van der Waals surface area contributed by atoms with Crippen LogP contribution in [0.1, 0.15) is 6.92 Å². The van der Waals surface area contributed by atoms with E-state index in [9.17, 15) is 9.59 Å². The van der Waals surface area contributed by atoms with Crippen LogP contribution in [0.25, 0.3) is 0 Å². The van der Waals surface area contributed by atoms with E-state index in [4.69, 9.17) is 10.8 Å². The third-order valence-corrected chi connectivity index (χ3v) is 3.18. The van der Waals surface area contributed by atoms with Crippen molar-refractivity contribution in [1.29, 1.82) is 0 Å². The zero-order chi connectivity index (χ0) is 12.0. The van der Waals surface area contributed by atoms with Crippen LogP contribution in [0.15, 0.2) is 0 Å². The Morgan fingerprint density at radius 2 is 1.93 bits per heavy atom. The van der Waals surface area contributed by atoms with Crippen molar-refractivity contribution in [1.82, 2.24) is 4.90 Å². The van der Waals surface area contributed by atoms with E-state index >= 15 is 0 Å². The summed E-state index contributed by atoms with van der Waals surface area (Å²) in [7, 11) is 3.40. The van der Waals surface area contributed by atoms with Crippen LogP contribution in [0.4, 0.5) is 0 Å². The first-order valence-electron chi connectivity index (χ1n) is 4.63. The number of hydrogen-bond acceptors (Lipinski definition) is 4. The van der Waals surface area contributed by atoms with Gasteiger partial charge in [0.15, 0.2) is 0 Å². The summed E-state index contributed by atoms with van der Waals surface area (Å²) in [6.45, 7) is 1.82. The average molecular weight is 234 g/mol. The first-order valence-corrected chi connectivity index (χ1v) is 5.79. The molecule has 3 N–H and O–H groups in total. The smallest absolute Gasteiger partial charge is 0.321 e. The molecule has 0 saturated carbocycles. The fourth-order valence-corrected chi connectivity index (χ4v) is 1.98. The van der Waals surface area contributed by atoms with Crippen LogP contribution in [-0.2, 0) is 9.59 Å². The van der Waals surface area contributed by atoms with Crippen LogP contribution in [0.5, 0.6) is 0 Å². The van der Waals surface area contributed by atoms with Crippen molar-refractivity contribution in [3.63, 3.8) is 0 Å². The van der Waals surface area contributed by atoms with Crippen molar-refractivity contribution in [2.45, 2.75) is 13.0 Å². The molecule has 0 radical (unpaired) electrons. The lowest BCUT2D eigenvalue weighted by Crippen LogP contribution is -2.33. The van der Waals surface area contributed by atoms with E-state index in [1.165, 1.54) is 16.7 Å². The van der Waals surface area contributed by atoms with Crippen molar-refractivity contribution >= 4 is 23.6 Å². The van der Waals surface area contributed by atoms with E-state index < -0.39 is 12.0 Å². The number of hydrogen-bond donors (Lipinski definition) is 2. The number of nitrogens with two attached hydrogens (primary N) is 1. The molecule has 0 heterocycles. The summed E-state index contributed by atoms with van der Waals surface area (Å²) in [6.07, 6.45) is 0. The topological polar surface area (TPSA) is 83.6 Å². The lowest BCUT2D eigenvalue weighted by atomic mass is 10.2. The standard InChI is InChI=1S/C9H18N2O3S/c1-6(8(12)11(2)3)4-15-5-7(10)9(13)14/h6-7H,4-5,10H2,1-3H3,(H,13,14)/t6-,7?/m1/s1. The Balaban J connectivity index is 3.77. The predicted octanol–water partition coefficient (Wildman–Crippen LogP) is -0.144. The first-order chi connectivity index (χ1) is 6.86. The first kappa shape index (κ1) is 14.2. The lowest BCUT2D eigenvalue weighted by molar-refractivity contribution is -0.138. The molecular weight excluding hydrogens is 216 g/mol. The number of amides is 1. The molecule has 88 valence electrons. The van der Waals surface area contributed by atoms with Crippen LogP contribution in [0.2, 0.25) is 0 Å². The minimum absolute atomic E-state index is 0.0476. The number of carbonyl (C=O) groups excluding carboxylic acids is 1. The molecule has 1 amide bonds. The number of carboxylic acid groups (broad SMARTS) is 1. The summed E-state index contributed by atoms with van der Waals surface area (Å²) in [5.74, 6) is -0.135. The van der Waals surface area contributed by atoms with Gasteiger partial charge in [-0.3, -0.25) is 9.59 Å². The molecule has 0 fully saturated rings. The Morgan fingerprint density at radius 1 is 1.40 bits per heavy atom. The van der Waals surface area contributed by atoms with E-state index in [0.717, 1.165) is 0 Å². The highest BCUT2D eigenvalue weighted by atomic mass is 32.2. The Kier molecular flexibility index (Phi) is 6.35. The van der Waals surface area contributed by atoms with Crippen molar-refractivity contribution in [3.05, 3.63) is 0 Å². The molecular formula is C9H18N2O3S. The Labute approximate surface area is 94.0 Å². The number of rotatable bonds is 6. The monoisotopic (exact) mass is 234 g/mol. The molecule has 0 aliphatic heterocycles. The molecule has 0 aromatic rings. The maximum atomic E-state index is 11.4. The summed E-state index contributed by atoms with van der Waals surface area (Å²) in [5.41, 5.74) is 5.32. The molecule has 0 bridgehead atoms. The highest BCUT2D eigenvalue weighted by molar-refractivity contribution is 7.99. The third-order valence-electron chi connectivity index (χ3n) is 1.84. The fraction of sp³-hybridized carbons (Fsp3) is 0.778. The van der Waals surface area contributed by atoms with Gasteiger partial charge in [0.1, 0.15) is 6.04 Å². The number of carboxylic acids is 1. The highest BCUT2D eigenvalue weighted by Crippen LogP contribution is 2.11. The molecule has 0 aromatic heterocycles. The molecule has 0 aliphatic rings. The molecule has 15 heavy (non-hydrogen) atoms. The van der Waals surface area contributed by atoms with E-state index in [1.54, 1.807) is 14.1 Å². The second kappa shape index (κ2) is 6.68. The van der Waals surface area contributed by atoms with Gasteiger partial charge in [-0.25, -0.2) is 0 Å². The average Bonchev–Trinajstić information content (AvgIpc) is 2.15. The van der Waals surface area contributed by atoms with Gasteiger partial charge in [0.25, 0.3) is 0 Å². The minimum atomic E-state index is -1.01. The van der Waals surface area contributed by atoms with E-state index in [2.05, 4.69) is 0 Å². The quantitative estimate of drug-likeness (QED) is 0.668. The van der Waals surface area contributed by atoms with Crippen molar-refractivity contribution < 1.29 is 14.7 Å². The molecule has 0 rings (SSSR count). The Bertz CT molecular complexity index is 233. The summed E-state index contributed by atoms with van der Waals surface area (Å²) >= 11 is 1.39. The largest absolute Gasteiger partial charge is 0.480 e. The minimum Gasteiger partial charge on any atom is -0.480 e. The van der Waals surface area contributed by atoms with E-state index in [1.807, 2.05) is 6.92 Å².